The Morgan fingerprint density at radius 1 is 1.27 bits per heavy atom. The minimum atomic E-state index is -4.33. The lowest BCUT2D eigenvalue weighted by Gasteiger charge is -2.08. The van der Waals surface area contributed by atoms with Gasteiger partial charge in [0.1, 0.15) is 0 Å². The minimum Gasteiger partial charge on any atom is -0.261 e. The van der Waals surface area contributed by atoms with Gasteiger partial charge in [0.05, 0.1) is 11.3 Å². The largest absolute Gasteiger partial charge is 0.418 e. The number of halogens is 3. The molecule has 0 unspecified atom stereocenters. The molecular weight excluding hydrogens is 203 g/mol. The summed E-state index contributed by atoms with van der Waals surface area (Å²) < 4.78 is 37.5. The molecule has 1 rings (SSSR count). The fourth-order valence-electron chi connectivity index (χ4n) is 1.12. The summed E-state index contributed by atoms with van der Waals surface area (Å²) in [5.41, 5.74) is -0.698. The molecule has 0 aliphatic rings. The third kappa shape index (κ3) is 3.38. The van der Waals surface area contributed by atoms with Crippen LogP contribution < -0.4 is 0 Å². The Morgan fingerprint density at radius 2 is 1.93 bits per heavy atom. The van der Waals surface area contributed by atoms with Crippen LogP contribution in [0.5, 0.6) is 0 Å². The summed E-state index contributed by atoms with van der Waals surface area (Å²) in [6.45, 7) is 1.95. The van der Waals surface area contributed by atoms with Crippen LogP contribution in [0.2, 0.25) is 0 Å². The van der Waals surface area contributed by atoms with Crippen LogP contribution in [0, 0.1) is 0 Å². The highest BCUT2D eigenvalue weighted by molar-refractivity contribution is 5.64. The predicted molar refractivity (Wildman–Crippen MR) is 54.5 cm³/mol. The van der Waals surface area contributed by atoms with Gasteiger partial charge in [0.25, 0.3) is 0 Å². The lowest BCUT2D eigenvalue weighted by Crippen LogP contribution is -2.04. The number of alkyl halides is 3. The molecule has 1 aromatic carbocycles. The van der Waals surface area contributed by atoms with Crippen molar-refractivity contribution in [1.82, 2.24) is 0 Å². The molecule has 0 radical (unpaired) electrons. The number of para-hydroxylation sites is 1. The van der Waals surface area contributed by atoms with Crippen LogP contribution in [0.3, 0.4) is 0 Å². The van der Waals surface area contributed by atoms with Crippen LogP contribution in [0.4, 0.5) is 18.9 Å². The van der Waals surface area contributed by atoms with Crippen molar-refractivity contribution in [3.05, 3.63) is 29.8 Å². The molecule has 0 aliphatic carbocycles. The van der Waals surface area contributed by atoms with E-state index in [2.05, 4.69) is 4.99 Å². The molecule has 0 saturated carbocycles. The third-order valence-corrected chi connectivity index (χ3v) is 1.86. The lowest BCUT2D eigenvalue weighted by atomic mass is 10.2. The Morgan fingerprint density at radius 3 is 2.53 bits per heavy atom. The fraction of sp³-hybridized carbons (Fsp3) is 0.364. The van der Waals surface area contributed by atoms with Crippen LogP contribution in [0.1, 0.15) is 25.3 Å². The van der Waals surface area contributed by atoms with E-state index >= 15 is 0 Å². The molecule has 1 aromatic rings. The summed E-state index contributed by atoms with van der Waals surface area (Å²) in [6.07, 6.45) is -1.26. The molecule has 1 nitrogen and oxygen atoms in total. The maximum absolute atomic E-state index is 12.5. The molecule has 0 aromatic heterocycles. The van der Waals surface area contributed by atoms with E-state index in [0.29, 0.717) is 6.42 Å². The molecule has 0 N–H and O–H groups in total. The summed E-state index contributed by atoms with van der Waals surface area (Å²) in [4.78, 5) is 3.82. The number of benzene rings is 1. The van der Waals surface area contributed by atoms with Gasteiger partial charge in [-0.3, -0.25) is 4.99 Å². The Bertz CT molecular complexity index is 342. The van der Waals surface area contributed by atoms with Crippen LogP contribution in [0.15, 0.2) is 29.3 Å². The fourth-order valence-corrected chi connectivity index (χ4v) is 1.12. The second-order valence-electron chi connectivity index (χ2n) is 3.12. The molecule has 0 bridgehead atoms. The quantitative estimate of drug-likeness (QED) is 0.670. The first-order chi connectivity index (χ1) is 7.05. The molecule has 0 heterocycles. The number of hydrogen-bond acceptors (Lipinski definition) is 1. The minimum absolute atomic E-state index is 0.0153. The van der Waals surface area contributed by atoms with Gasteiger partial charge in [-0.2, -0.15) is 13.2 Å². The molecule has 0 spiro atoms. The molecule has 15 heavy (non-hydrogen) atoms. The summed E-state index contributed by atoms with van der Waals surface area (Å²) in [6, 6.07) is 5.32. The van der Waals surface area contributed by atoms with Gasteiger partial charge in [0, 0.05) is 6.21 Å². The highest BCUT2D eigenvalue weighted by Gasteiger charge is 2.32. The number of rotatable bonds is 3. The Kier molecular flexibility index (Phi) is 3.88. The monoisotopic (exact) mass is 215 g/mol. The third-order valence-electron chi connectivity index (χ3n) is 1.86. The van der Waals surface area contributed by atoms with Gasteiger partial charge < -0.3 is 0 Å². The highest BCUT2D eigenvalue weighted by atomic mass is 19.4. The maximum Gasteiger partial charge on any atom is 0.418 e. The Balaban J connectivity index is 2.97. The van der Waals surface area contributed by atoms with Crippen molar-refractivity contribution < 1.29 is 13.2 Å². The summed E-state index contributed by atoms with van der Waals surface area (Å²) in [5.74, 6) is 0. The second kappa shape index (κ2) is 4.96. The molecule has 0 fully saturated rings. The zero-order valence-corrected chi connectivity index (χ0v) is 8.38. The number of aliphatic imine (C=N–C) groups is 1. The molecule has 82 valence electrons. The van der Waals surface area contributed by atoms with E-state index < -0.39 is 11.7 Å². The smallest absolute Gasteiger partial charge is 0.261 e. The lowest BCUT2D eigenvalue weighted by molar-refractivity contribution is -0.137. The van der Waals surface area contributed by atoms with Crippen LogP contribution in [-0.2, 0) is 6.18 Å². The van der Waals surface area contributed by atoms with E-state index in [-0.39, 0.29) is 5.69 Å². The van der Waals surface area contributed by atoms with E-state index in [0.717, 1.165) is 12.5 Å². The van der Waals surface area contributed by atoms with Crippen molar-refractivity contribution in [1.29, 1.82) is 0 Å². The Labute approximate surface area is 86.6 Å². The van der Waals surface area contributed by atoms with Crippen molar-refractivity contribution in [2.75, 3.05) is 0 Å². The van der Waals surface area contributed by atoms with E-state index in [1.807, 2.05) is 6.92 Å². The molecule has 0 amide bonds. The van der Waals surface area contributed by atoms with Crippen molar-refractivity contribution in [2.45, 2.75) is 25.9 Å². The first-order valence-electron chi connectivity index (χ1n) is 4.74. The topological polar surface area (TPSA) is 12.4 Å². The highest BCUT2D eigenvalue weighted by Crippen LogP contribution is 2.35. The second-order valence-corrected chi connectivity index (χ2v) is 3.12. The van der Waals surface area contributed by atoms with E-state index in [1.54, 1.807) is 6.07 Å². The van der Waals surface area contributed by atoms with Crippen molar-refractivity contribution in [3.8, 4) is 0 Å². The molecule has 0 atom stereocenters. The zero-order chi connectivity index (χ0) is 11.3. The number of hydrogen-bond donors (Lipinski definition) is 0. The zero-order valence-electron chi connectivity index (χ0n) is 8.38. The first kappa shape index (κ1) is 11.8. The summed E-state index contributed by atoms with van der Waals surface area (Å²) >= 11 is 0. The SMILES string of the molecule is CCCC=Nc1ccccc1C(F)(F)F. The van der Waals surface area contributed by atoms with Crippen molar-refractivity contribution in [2.24, 2.45) is 4.99 Å². The average molecular weight is 215 g/mol. The van der Waals surface area contributed by atoms with E-state index in [1.165, 1.54) is 18.3 Å². The van der Waals surface area contributed by atoms with Gasteiger partial charge in [-0.05, 0) is 18.6 Å². The van der Waals surface area contributed by atoms with Gasteiger partial charge in [-0.15, -0.1) is 0 Å². The van der Waals surface area contributed by atoms with E-state index in [4.69, 9.17) is 0 Å². The van der Waals surface area contributed by atoms with E-state index in [9.17, 15) is 13.2 Å². The van der Waals surface area contributed by atoms with Gasteiger partial charge in [0.15, 0.2) is 0 Å². The normalized spacial score (nSPS) is 12.3. The summed E-state index contributed by atoms with van der Waals surface area (Å²) in [5, 5.41) is 0. The Hall–Kier alpha value is -1.32. The molecular formula is C11H12F3N. The standard InChI is InChI=1S/C11H12F3N/c1-2-3-8-15-10-7-5-4-6-9(10)11(12,13)14/h4-8H,2-3H2,1H3. The van der Waals surface area contributed by atoms with Crippen LogP contribution in [0.25, 0.3) is 0 Å². The van der Waals surface area contributed by atoms with Gasteiger partial charge in [0.2, 0.25) is 0 Å². The van der Waals surface area contributed by atoms with Crippen LogP contribution >= 0.6 is 0 Å². The first-order valence-corrected chi connectivity index (χ1v) is 4.74. The number of nitrogens with zero attached hydrogens (tertiary/aromatic N) is 1. The molecule has 0 aliphatic heterocycles. The predicted octanol–water partition coefficient (Wildman–Crippen LogP) is 4.21. The maximum atomic E-state index is 12.5. The molecule has 4 heteroatoms. The van der Waals surface area contributed by atoms with Crippen molar-refractivity contribution in [3.63, 3.8) is 0 Å². The summed E-state index contributed by atoms with van der Waals surface area (Å²) in [7, 11) is 0. The van der Waals surface area contributed by atoms with Crippen LogP contribution in [-0.4, -0.2) is 6.21 Å². The average Bonchev–Trinajstić information content (AvgIpc) is 2.17. The van der Waals surface area contributed by atoms with Gasteiger partial charge in [-0.1, -0.05) is 25.5 Å². The van der Waals surface area contributed by atoms with Crippen molar-refractivity contribution >= 4 is 11.9 Å². The molecule has 0 saturated heterocycles. The van der Waals surface area contributed by atoms with Gasteiger partial charge in [-0.25, -0.2) is 0 Å². The van der Waals surface area contributed by atoms with Gasteiger partial charge >= 0.3 is 6.18 Å². The number of unbranched alkanes of at least 4 members (excludes halogenated alkanes) is 1.